The maximum absolute atomic E-state index is 14.6. The van der Waals surface area contributed by atoms with E-state index in [0.29, 0.717) is 5.69 Å². The molecule has 2 N–H and O–H groups in total. The highest BCUT2D eigenvalue weighted by atomic mass is 19.1. The second kappa shape index (κ2) is 11.4. The lowest BCUT2D eigenvalue weighted by molar-refractivity contribution is -0.123. The molecule has 10 nitrogen and oxygen atoms in total. The number of benzene rings is 2. The van der Waals surface area contributed by atoms with Crippen LogP contribution in [0.3, 0.4) is 0 Å². The van der Waals surface area contributed by atoms with E-state index in [1.54, 1.807) is 20.8 Å². The van der Waals surface area contributed by atoms with Crippen LogP contribution >= 0.6 is 0 Å². The molecule has 0 fully saturated rings. The van der Waals surface area contributed by atoms with Gasteiger partial charge in [-0.25, -0.2) is 23.5 Å². The van der Waals surface area contributed by atoms with Gasteiger partial charge in [0.1, 0.15) is 30.0 Å². The molecule has 2 aromatic carbocycles. The quantitative estimate of drug-likeness (QED) is 0.432. The normalized spacial score (nSPS) is 10.9. The van der Waals surface area contributed by atoms with Crippen LogP contribution < -0.4 is 20.3 Å². The Hall–Kier alpha value is -4.61. The maximum Gasteiger partial charge on any atom is 0.415 e. The van der Waals surface area contributed by atoms with Crippen LogP contribution in [0.2, 0.25) is 0 Å². The van der Waals surface area contributed by atoms with Crippen LogP contribution in [0.5, 0.6) is 11.6 Å². The Balaban J connectivity index is 1.59. The molecular weight excluding hydrogens is 488 g/mol. The van der Waals surface area contributed by atoms with E-state index in [9.17, 15) is 23.2 Å². The first-order valence-electron chi connectivity index (χ1n) is 11.0. The lowest BCUT2D eigenvalue weighted by atomic mass is 10.2. The minimum absolute atomic E-state index is 0.0337. The van der Waals surface area contributed by atoms with Crippen molar-refractivity contribution in [1.29, 1.82) is 0 Å². The molecule has 0 aliphatic heterocycles. The predicted molar refractivity (Wildman–Crippen MR) is 131 cm³/mol. The van der Waals surface area contributed by atoms with E-state index >= 15 is 0 Å². The van der Waals surface area contributed by atoms with E-state index in [-0.39, 0.29) is 23.1 Å². The molecule has 1 aromatic heterocycles. The number of amides is 3. The Morgan fingerprint density at radius 1 is 0.919 bits per heavy atom. The van der Waals surface area contributed by atoms with Crippen LogP contribution in [0.15, 0.2) is 54.9 Å². The van der Waals surface area contributed by atoms with Crippen molar-refractivity contribution in [1.82, 2.24) is 9.97 Å². The second-order valence-corrected chi connectivity index (χ2v) is 8.78. The van der Waals surface area contributed by atoms with Gasteiger partial charge in [-0.15, -0.1) is 0 Å². The van der Waals surface area contributed by atoms with E-state index < -0.39 is 41.6 Å². The van der Waals surface area contributed by atoms with Crippen molar-refractivity contribution < 1.29 is 32.6 Å². The van der Waals surface area contributed by atoms with Gasteiger partial charge in [-0.1, -0.05) is 0 Å². The molecule has 0 aliphatic rings. The third kappa shape index (κ3) is 8.23. The van der Waals surface area contributed by atoms with Crippen LogP contribution in [0, 0.1) is 11.6 Å². The van der Waals surface area contributed by atoms with Crippen molar-refractivity contribution >= 4 is 35.1 Å². The number of hydrogen-bond acceptors (Lipinski definition) is 7. The van der Waals surface area contributed by atoms with Gasteiger partial charge < -0.3 is 20.1 Å². The Morgan fingerprint density at radius 2 is 1.54 bits per heavy atom. The molecule has 1 heterocycles. The van der Waals surface area contributed by atoms with Gasteiger partial charge in [0, 0.05) is 30.6 Å². The summed E-state index contributed by atoms with van der Waals surface area (Å²) in [5.74, 6) is -2.64. The van der Waals surface area contributed by atoms with Gasteiger partial charge in [-0.05, 0) is 57.2 Å². The van der Waals surface area contributed by atoms with Gasteiger partial charge in [-0.3, -0.25) is 14.5 Å². The first-order chi connectivity index (χ1) is 17.4. The third-order valence-electron chi connectivity index (χ3n) is 4.52. The summed E-state index contributed by atoms with van der Waals surface area (Å²) >= 11 is 0. The SMILES string of the molecule is CN(C(=O)OC(C)(C)C)c1cc(Oc2ccc(NC(=O)CC(=O)Nc3ccc(F)cc3)cc2F)ncn1. The van der Waals surface area contributed by atoms with Crippen LogP contribution in [0.1, 0.15) is 27.2 Å². The number of ether oxygens (including phenoxy) is 2. The standard InChI is InChI=1S/C25H25F2N5O5/c1-25(2,3)37-24(35)32(4)20-12-23(29-14-28-20)36-19-10-9-17(11-18(19)27)31-22(34)13-21(33)30-16-7-5-15(26)6-8-16/h5-12,14H,13H2,1-4H3,(H,30,33)(H,31,34). The van der Waals surface area contributed by atoms with Crippen molar-refractivity contribution in [2.24, 2.45) is 0 Å². The lowest BCUT2D eigenvalue weighted by Gasteiger charge is -2.24. The third-order valence-corrected chi connectivity index (χ3v) is 4.52. The van der Waals surface area contributed by atoms with E-state index in [1.165, 1.54) is 49.5 Å². The van der Waals surface area contributed by atoms with Gasteiger partial charge in [0.05, 0.1) is 0 Å². The number of carbonyl (C=O) groups excluding carboxylic acids is 3. The zero-order valence-corrected chi connectivity index (χ0v) is 20.5. The average Bonchev–Trinajstić information content (AvgIpc) is 2.81. The van der Waals surface area contributed by atoms with Crippen LogP contribution in [-0.2, 0) is 14.3 Å². The van der Waals surface area contributed by atoms with Crippen LogP contribution in [-0.4, -0.2) is 40.5 Å². The Labute approximate surface area is 211 Å². The molecule has 37 heavy (non-hydrogen) atoms. The Bertz CT molecular complexity index is 1300. The number of nitrogens with one attached hydrogen (secondary N) is 2. The summed E-state index contributed by atoms with van der Waals surface area (Å²) in [5, 5.41) is 4.87. The molecule has 0 saturated carbocycles. The van der Waals surface area contributed by atoms with Crippen molar-refractivity contribution in [2.45, 2.75) is 32.8 Å². The van der Waals surface area contributed by atoms with Crippen molar-refractivity contribution in [2.75, 3.05) is 22.6 Å². The fourth-order valence-corrected chi connectivity index (χ4v) is 2.86. The van der Waals surface area contributed by atoms with Gasteiger partial charge >= 0.3 is 6.09 Å². The number of nitrogens with zero attached hydrogens (tertiary/aromatic N) is 3. The molecule has 0 aliphatic carbocycles. The first kappa shape index (κ1) is 27.0. The maximum atomic E-state index is 14.6. The molecule has 3 amide bonds. The van der Waals surface area contributed by atoms with Crippen LogP contribution in [0.25, 0.3) is 0 Å². The topological polar surface area (TPSA) is 123 Å². The lowest BCUT2D eigenvalue weighted by Crippen LogP contribution is -2.34. The number of halogens is 2. The van der Waals surface area contributed by atoms with Crippen LogP contribution in [0.4, 0.5) is 30.8 Å². The summed E-state index contributed by atoms with van der Waals surface area (Å²) in [4.78, 5) is 45.5. The van der Waals surface area contributed by atoms with Crippen molar-refractivity contribution in [3.8, 4) is 11.6 Å². The summed E-state index contributed by atoms with van der Waals surface area (Å²) in [6.07, 6.45) is -0.0315. The highest BCUT2D eigenvalue weighted by molar-refractivity contribution is 6.08. The van der Waals surface area contributed by atoms with Gasteiger partial charge in [0.2, 0.25) is 17.7 Å². The summed E-state index contributed by atoms with van der Waals surface area (Å²) < 4.78 is 38.3. The zero-order valence-electron chi connectivity index (χ0n) is 20.5. The molecule has 12 heteroatoms. The predicted octanol–water partition coefficient (Wildman–Crippen LogP) is 4.89. The van der Waals surface area contributed by atoms with Gasteiger partial charge in [0.25, 0.3) is 0 Å². The molecule has 0 spiro atoms. The molecule has 0 radical (unpaired) electrons. The fourth-order valence-electron chi connectivity index (χ4n) is 2.86. The van der Waals surface area contributed by atoms with E-state index in [0.717, 1.165) is 17.3 Å². The first-order valence-corrected chi connectivity index (χ1v) is 11.0. The largest absolute Gasteiger partial charge is 0.443 e. The minimum atomic E-state index is -0.811. The summed E-state index contributed by atoms with van der Waals surface area (Å²) in [5.41, 5.74) is -0.279. The zero-order chi connectivity index (χ0) is 27.2. The summed E-state index contributed by atoms with van der Waals surface area (Å²) in [6.45, 7) is 5.18. The number of hydrogen-bond donors (Lipinski definition) is 2. The number of aromatic nitrogens is 2. The molecule has 0 bridgehead atoms. The minimum Gasteiger partial charge on any atom is -0.443 e. The number of rotatable bonds is 7. The average molecular weight is 514 g/mol. The Kier molecular flexibility index (Phi) is 8.33. The number of anilines is 3. The van der Waals surface area contributed by atoms with E-state index in [1.807, 2.05) is 0 Å². The second-order valence-electron chi connectivity index (χ2n) is 8.78. The van der Waals surface area contributed by atoms with Crippen molar-refractivity contribution in [3.63, 3.8) is 0 Å². The molecule has 0 saturated heterocycles. The Morgan fingerprint density at radius 3 is 2.16 bits per heavy atom. The van der Waals surface area contributed by atoms with E-state index in [4.69, 9.17) is 9.47 Å². The molecular formula is C25H25F2N5O5. The smallest absolute Gasteiger partial charge is 0.415 e. The molecule has 0 unspecified atom stereocenters. The fraction of sp³-hybridized carbons (Fsp3) is 0.240. The van der Waals surface area contributed by atoms with Gasteiger partial charge in [-0.2, -0.15) is 0 Å². The molecule has 3 aromatic rings. The molecule has 194 valence electrons. The summed E-state index contributed by atoms with van der Waals surface area (Å²) in [7, 11) is 1.46. The summed E-state index contributed by atoms with van der Waals surface area (Å²) in [6, 6.07) is 10.0. The van der Waals surface area contributed by atoms with Gasteiger partial charge in [0.15, 0.2) is 11.6 Å². The molecule has 0 atom stereocenters. The highest BCUT2D eigenvalue weighted by Crippen LogP contribution is 2.27. The molecule has 3 rings (SSSR count). The monoisotopic (exact) mass is 513 g/mol. The van der Waals surface area contributed by atoms with Crippen molar-refractivity contribution in [3.05, 3.63) is 66.5 Å². The highest BCUT2D eigenvalue weighted by Gasteiger charge is 2.22. The number of carbonyl (C=O) groups is 3. The van der Waals surface area contributed by atoms with E-state index in [2.05, 4.69) is 20.6 Å².